The van der Waals surface area contributed by atoms with E-state index in [-0.39, 0.29) is 5.75 Å². The van der Waals surface area contributed by atoms with E-state index < -0.39 is 0 Å². The van der Waals surface area contributed by atoms with Crippen molar-refractivity contribution in [1.82, 2.24) is 15.2 Å². The van der Waals surface area contributed by atoms with Crippen LogP contribution < -0.4 is 5.32 Å². The predicted molar refractivity (Wildman–Crippen MR) is 92.0 cm³/mol. The Labute approximate surface area is 133 Å². The highest BCUT2D eigenvalue weighted by atomic mass is 16.3. The highest BCUT2D eigenvalue weighted by molar-refractivity contribution is 5.94. The molecule has 114 valence electrons. The molecular formula is C18H16N4O. The second-order valence-electron chi connectivity index (χ2n) is 5.54. The van der Waals surface area contributed by atoms with Gasteiger partial charge in [-0.05, 0) is 36.8 Å². The highest BCUT2D eigenvalue weighted by Gasteiger charge is 2.09. The summed E-state index contributed by atoms with van der Waals surface area (Å²) in [5.41, 5.74) is 5.01. The Bertz CT molecular complexity index is 984. The fraction of sp³-hybridized carbons (Fsp3) is 0.0556. The lowest BCUT2D eigenvalue weighted by molar-refractivity contribution is 0.475. The van der Waals surface area contributed by atoms with Gasteiger partial charge in [-0.3, -0.25) is 5.10 Å². The van der Waals surface area contributed by atoms with Crippen molar-refractivity contribution in [2.45, 2.75) is 6.92 Å². The van der Waals surface area contributed by atoms with E-state index in [1.165, 1.54) is 0 Å². The van der Waals surface area contributed by atoms with E-state index in [0.29, 0.717) is 0 Å². The summed E-state index contributed by atoms with van der Waals surface area (Å²) in [6.45, 7) is 1.94. The standard InChI is InChI=1S/C18H16N4O/c1-11-8-12(23)6-7-15(11)20-18-9-17(21-22-18)14-10-19-16-5-3-2-4-13(14)16/h2-10,19,23H,1H3,(H2,20,21,22). The fourth-order valence-corrected chi connectivity index (χ4v) is 2.74. The zero-order chi connectivity index (χ0) is 15.8. The summed E-state index contributed by atoms with van der Waals surface area (Å²) < 4.78 is 0. The molecule has 4 N–H and O–H groups in total. The number of hydrogen-bond donors (Lipinski definition) is 4. The molecule has 0 saturated heterocycles. The largest absolute Gasteiger partial charge is 0.508 e. The summed E-state index contributed by atoms with van der Waals surface area (Å²) >= 11 is 0. The van der Waals surface area contributed by atoms with Crippen LogP contribution in [0.5, 0.6) is 5.75 Å². The van der Waals surface area contributed by atoms with Crippen molar-refractivity contribution in [2.24, 2.45) is 0 Å². The lowest BCUT2D eigenvalue weighted by Crippen LogP contribution is -1.92. The molecule has 0 atom stereocenters. The highest BCUT2D eigenvalue weighted by Crippen LogP contribution is 2.29. The molecule has 4 rings (SSSR count). The van der Waals surface area contributed by atoms with Crippen LogP contribution in [-0.2, 0) is 0 Å². The molecule has 0 aliphatic rings. The molecule has 0 aliphatic carbocycles. The lowest BCUT2D eigenvalue weighted by atomic mass is 10.1. The molecule has 2 heterocycles. The maximum absolute atomic E-state index is 9.48. The van der Waals surface area contributed by atoms with E-state index >= 15 is 0 Å². The average molecular weight is 304 g/mol. The van der Waals surface area contributed by atoms with Crippen LogP contribution in [0.3, 0.4) is 0 Å². The van der Waals surface area contributed by atoms with E-state index in [0.717, 1.165) is 39.2 Å². The monoisotopic (exact) mass is 304 g/mol. The third-order valence-corrected chi connectivity index (χ3v) is 3.93. The van der Waals surface area contributed by atoms with E-state index in [9.17, 15) is 5.11 Å². The summed E-state index contributed by atoms with van der Waals surface area (Å²) in [5.74, 6) is 0.994. The summed E-state index contributed by atoms with van der Waals surface area (Å²) in [5, 5.41) is 21.3. The first-order chi connectivity index (χ1) is 11.2. The van der Waals surface area contributed by atoms with Crippen molar-refractivity contribution in [3.05, 3.63) is 60.3 Å². The van der Waals surface area contributed by atoms with Gasteiger partial charge in [0.1, 0.15) is 5.75 Å². The van der Waals surface area contributed by atoms with Gasteiger partial charge >= 0.3 is 0 Å². The van der Waals surface area contributed by atoms with Gasteiger partial charge in [-0.25, -0.2) is 0 Å². The summed E-state index contributed by atoms with van der Waals surface area (Å²) in [6, 6.07) is 15.4. The summed E-state index contributed by atoms with van der Waals surface area (Å²) in [7, 11) is 0. The molecule has 0 amide bonds. The van der Waals surface area contributed by atoms with Crippen molar-refractivity contribution in [2.75, 3.05) is 5.32 Å². The molecule has 2 aromatic carbocycles. The first kappa shape index (κ1) is 13.5. The molecule has 5 heteroatoms. The number of nitrogens with zero attached hydrogens (tertiary/aromatic N) is 1. The van der Waals surface area contributed by atoms with Crippen molar-refractivity contribution in [3.8, 4) is 17.0 Å². The van der Waals surface area contributed by atoms with Gasteiger partial charge in [0, 0.05) is 34.4 Å². The molecule has 0 bridgehead atoms. The Morgan fingerprint density at radius 1 is 1.09 bits per heavy atom. The van der Waals surface area contributed by atoms with Gasteiger partial charge in [0.2, 0.25) is 0 Å². The number of anilines is 2. The normalized spacial score (nSPS) is 11.0. The quantitative estimate of drug-likeness (QED) is 0.426. The minimum Gasteiger partial charge on any atom is -0.508 e. The predicted octanol–water partition coefficient (Wildman–Crippen LogP) is 4.32. The van der Waals surface area contributed by atoms with Crippen molar-refractivity contribution in [3.63, 3.8) is 0 Å². The molecule has 0 radical (unpaired) electrons. The minimum absolute atomic E-state index is 0.259. The molecule has 0 aliphatic heterocycles. The number of hydrogen-bond acceptors (Lipinski definition) is 3. The van der Waals surface area contributed by atoms with E-state index in [1.54, 1.807) is 12.1 Å². The number of fused-ring (bicyclic) bond motifs is 1. The molecule has 0 saturated carbocycles. The molecule has 0 spiro atoms. The maximum atomic E-state index is 9.48. The van der Waals surface area contributed by atoms with Crippen LogP contribution >= 0.6 is 0 Å². The first-order valence-corrected chi connectivity index (χ1v) is 7.39. The Morgan fingerprint density at radius 3 is 2.83 bits per heavy atom. The SMILES string of the molecule is Cc1cc(O)ccc1Nc1cc(-c2c[nH]c3ccccc23)[nH]n1. The second kappa shape index (κ2) is 5.21. The van der Waals surface area contributed by atoms with Crippen molar-refractivity contribution < 1.29 is 5.11 Å². The Hall–Kier alpha value is -3.21. The number of aromatic nitrogens is 3. The zero-order valence-electron chi connectivity index (χ0n) is 12.6. The van der Waals surface area contributed by atoms with Crippen LogP contribution in [0.2, 0.25) is 0 Å². The van der Waals surface area contributed by atoms with E-state index in [4.69, 9.17) is 0 Å². The van der Waals surface area contributed by atoms with Crippen LogP contribution in [0.15, 0.2) is 54.7 Å². The Kier molecular flexibility index (Phi) is 3.05. The first-order valence-electron chi connectivity index (χ1n) is 7.39. The number of aryl methyl sites for hydroxylation is 1. The van der Waals surface area contributed by atoms with Crippen LogP contribution in [0.25, 0.3) is 22.2 Å². The lowest BCUT2D eigenvalue weighted by Gasteiger charge is -2.06. The van der Waals surface area contributed by atoms with Crippen molar-refractivity contribution in [1.29, 1.82) is 0 Å². The molecule has 0 fully saturated rings. The fourth-order valence-electron chi connectivity index (χ4n) is 2.74. The van der Waals surface area contributed by atoms with E-state index in [1.807, 2.05) is 43.5 Å². The molecule has 23 heavy (non-hydrogen) atoms. The minimum atomic E-state index is 0.259. The summed E-state index contributed by atoms with van der Waals surface area (Å²) in [4.78, 5) is 3.26. The van der Waals surface area contributed by atoms with Gasteiger partial charge in [-0.15, -0.1) is 0 Å². The molecular weight excluding hydrogens is 288 g/mol. The second-order valence-corrected chi connectivity index (χ2v) is 5.54. The van der Waals surface area contributed by atoms with E-state index in [2.05, 4.69) is 26.6 Å². The number of aromatic amines is 2. The van der Waals surface area contributed by atoms with Crippen LogP contribution in [0.4, 0.5) is 11.5 Å². The molecule has 5 nitrogen and oxygen atoms in total. The number of phenols is 1. The van der Waals surface area contributed by atoms with Crippen LogP contribution in [-0.4, -0.2) is 20.3 Å². The van der Waals surface area contributed by atoms with Crippen LogP contribution in [0, 0.1) is 6.92 Å². The number of para-hydroxylation sites is 1. The van der Waals surface area contributed by atoms with Gasteiger partial charge in [-0.1, -0.05) is 18.2 Å². The van der Waals surface area contributed by atoms with Gasteiger partial charge in [0.15, 0.2) is 5.82 Å². The zero-order valence-corrected chi connectivity index (χ0v) is 12.6. The Balaban J connectivity index is 1.66. The molecule has 0 unspecified atom stereocenters. The van der Waals surface area contributed by atoms with Crippen LogP contribution in [0.1, 0.15) is 5.56 Å². The van der Waals surface area contributed by atoms with Crippen molar-refractivity contribution >= 4 is 22.4 Å². The Morgan fingerprint density at radius 2 is 1.96 bits per heavy atom. The topological polar surface area (TPSA) is 76.7 Å². The molecule has 4 aromatic rings. The number of H-pyrrole nitrogens is 2. The maximum Gasteiger partial charge on any atom is 0.152 e. The summed E-state index contributed by atoms with van der Waals surface area (Å²) in [6.07, 6.45) is 1.98. The smallest absolute Gasteiger partial charge is 0.152 e. The number of rotatable bonds is 3. The molecule has 2 aromatic heterocycles. The third-order valence-electron chi connectivity index (χ3n) is 3.93. The average Bonchev–Trinajstić information content (AvgIpc) is 3.16. The van der Waals surface area contributed by atoms with Gasteiger partial charge in [-0.2, -0.15) is 5.10 Å². The van der Waals surface area contributed by atoms with Gasteiger partial charge < -0.3 is 15.4 Å². The third kappa shape index (κ3) is 2.42. The number of benzene rings is 2. The number of aromatic hydroxyl groups is 1. The number of nitrogens with one attached hydrogen (secondary N) is 3. The van der Waals surface area contributed by atoms with Gasteiger partial charge in [0.25, 0.3) is 0 Å². The number of phenolic OH excluding ortho intramolecular Hbond substituents is 1. The van der Waals surface area contributed by atoms with Gasteiger partial charge in [0.05, 0.1) is 5.69 Å².